The molecule has 0 radical (unpaired) electrons. The molecule has 0 aromatic carbocycles. The van der Waals surface area contributed by atoms with Gasteiger partial charge in [0.1, 0.15) is 6.04 Å². The number of carbonyl (C=O) groups is 3. The van der Waals surface area contributed by atoms with Gasteiger partial charge in [0, 0.05) is 11.8 Å². The molecule has 14 heavy (non-hydrogen) atoms. The zero-order chi connectivity index (χ0) is 11.0. The maximum absolute atomic E-state index is 11.5. The minimum absolute atomic E-state index is 0.391. The van der Waals surface area contributed by atoms with Gasteiger partial charge in [-0.15, -0.1) is 0 Å². The minimum atomic E-state index is -1.16. The molecule has 5 heteroatoms. The van der Waals surface area contributed by atoms with Gasteiger partial charge in [-0.05, 0) is 6.92 Å². The summed E-state index contributed by atoms with van der Waals surface area (Å²) in [4.78, 5) is 34.5. The number of aliphatic carboxylic acids is 1. The third kappa shape index (κ3) is 1.38. The predicted molar refractivity (Wildman–Crippen MR) is 47.3 cm³/mol. The molecule has 1 saturated heterocycles. The number of rotatable bonds is 2. The lowest BCUT2D eigenvalue weighted by Gasteiger charge is -2.18. The van der Waals surface area contributed by atoms with Crippen molar-refractivity contribution in [3.05, 3.63) is 0 Å². The third-order valence-corrected chi connectivity index (χ3v) is 2.75. The van der Waals surface area contributed by atoms with Crippen LogP contribution in [-0.2, 0) is 14.4 Å². The zero-order valence-electron chi connectivity index (χ0n) is 8.35. The molecule has 0 spiro atoms. The average molecular weight is 199 g/mol. The van der Waals surface area contributed by atoms with Crippen LogP contribution in [0.25, 0.3) is 0 Å². The van der Waals surface area contributed by atoms with E-state index in [4.69, 9.17) is 5.11 Å². The van der Waals surface area contributed by atoms with Gasteiger partial charge in [0.25, 0.3) is 0 Å². The van der Waals surface area contributed by atoms with Gasteiger partial charge in [-0.1, -0.05) is 13.8 Å². The van der Waals surface area contributed by atoms with Crippen molar-refractivity contribution in [3.63, 3.8) is 0 Å². The summed E-state index contributed by atoms with van der Waals surface area (Å²) < 4.78 is 0. The average Bonchev–Trinajstić information content (AvgIpc) is 2.30. The monoisotopic (exact) mass is 199 g/mol. The molecule has 1 aliphatic rings. The zero-order valence-corrected chi connectivity index (χ0v) is 8.35. The fourth-order valence-corrected chi connectivity index (χ4v) is 1.47. The summed E-state index contributed by atoms with van der Waals surface area (Å²) in [6.45, 7) is 4.61. The molecule has 78 valence electrons. The largest absolute Gasteiger partial charge is 0.480 e. The third-order valence-electron chi connectivity index (χ3n) is 2.75. The summed E-state index contributed by atoms with van der Waals surface area (Å²) in [5, 5.41) is 8.70. The van der Waals surface area contributed by atoms with Gasteiger partial charge < -0.3 is 5.11 Å². The van der Waals surface area contributed by atoms with Gasteiger partial charge in [-0.25, -0.2) is 4.79 Å². The van der Waals surface area contributed by atoms with Crippen molar-refractivity contribution in [2.45, 2.75) is 26.8 Å². The Morgan fingerprint density at radius 3 is 1.93 bits per heavy atom. The SMILES string of the molecule is CC1C(=O)N(C(C)C(=O)O)C(=O)C1C. The number of nitrogens with zero attached hydrogens (tertiary/aromatic N) is 1. The van der Waals surface area contributed by atoms with Crippen molar-refractivity contribution in [2.75, 3.05) is 0 Å². The van der Waals surface area contributed by atoms with Gasteiger partial charge >= 0.3 is 5.97 Å². The first-order valence-electron chi connectivity index (χ1n) is 4.47. The Morgan fingerprint density at radius 2 is 1.64 bits per heavy atom. The van der Waals surface area contributed by atoms with E-state index in [1.165, 1.54) is 6.92 Å². The van der Waals surface area contributed by atoms with E-state index in [9.17, 15) is 14.4 Å². The van der Waals surface area contributed by atoms with Gasteiger partial charge in [0.15, 0.2) is 0 Å². The van der Waals surface area contributed by atoms with E-state index in [-0.39, 0.29) is 0 Å². The number of carboxylic acid groups (broad SMARTS) is 1. The summed E-state index contributed by atoms with van der Waals surface area (Å²) in [7, 11) is 0. The minimum Gasteiger partial charge on any atom is -0.480 e. The lowest BCUT2D eigenvalue weighted by molar-refractivity contribution is -0.154. The maximum Gasteiger partial charge on any atom is 0.326 e. The first-order chi connectivity index (χ1) is 6.37. The number of amides is 2. The Morgan fingerprint density at radius 1 is 1.29 bits per heavy atom. The van der Waals surface area contributed by atoms with Crippen molar-refractivity contribution in [3.8, 4) is 0 Å². The highest BCUT2D eigenvalue weighted by Gasteiger charge is 2.46. The number of imide groups is 1. The molecule has 1 rings (SSSR count). The molecule has 3 unspecified atom stereocenters. The van der Waals surface area contributed by atoms with Gasteiger partial charge in [0.2, 0.25) is 11.8 Å². The van der Waals surface area contributed by atoms with Crippen LogP contribution < -0.4 is 0 Å². The molecule has 1 fully saturated rings. The van der Waals surface area contributed by atoms with Crippen LogP contribution in [0, 0.1) is 11.8 Å². The summed E-state index contributed by atoms with van der Waals surface area (Å²) >= 11 is 0. The molecule has 0 aromatic heterocycles. The van der Waals surface area contributed by atoms with Crippen LogP contribution in [0.3, 0.4) is 0 Å². The van der Waals surface area contributed by atoms with E-state index in [2.05, 4.69) is 0 Å². The van der Waals surface area contributed by atoms with E-state index in [0.717, 1.165) is 4.90 Å². The smallest absolute Gasteiger partial charge is 0.326 e. The molecule has 0 aliphatic carbocycles. The van der Waals surface area contributed by atoms with E-state index < -0.39 is 35.7 Å². The summed E-state index contributed by atoms with van der Waals surface area (Å²) in [6, 6.07) is -1.07. The van der Waals surface area contributed by atoms with Crippen molar-refractivity contribution in [1.29, 1.82) is 0 Å². The maximum atomic E-state index is 11.5. The van der Waals surface area contributed by atoms with Crippen LogP contribution in [0.4, 0.5) is 0 Å². The normalized spacial score (nSPS) is 29.5. The predicted octanol–water partition coefficient (Wildman–Crippen LogP) is 0.101. The molecular formula is C9H13NO4. The Hall–Kier alpha value is -1.39. The summed E-state index contributed by atoms with van der Waals surface area (Å²) in [5.41, 5.74) is 0. The summed E-state index contributed by atoms with van der Waals surface area (Å²) in [5.74, 6) is -2.77. The molecule has 1 aliphatic heterocycles. The Balaban J connectivity index is 2.96. The highest BCUT2D eigenvalue weighted by atomic mass is 16.4. The summed E-state index contributed by atoms with van der Waals surface area (Å²) in [6.07, 6.45) is 0. The van der Waals surface area contributed by atoms with Crippen LogP contribution in [-0.4, -0.2) is 33.8 Å². The molecule has 0 bridgehead atoms. The second-order valence-corrected chi connectivity index (χ2v) is 3.64. The molecule has 1 heterocycles. The highest BCUT2D eigenvalue weighted by Crippen LogP contribution is 2.26. The van der Waals surface area contributed by atoms with Crippen molar-refractivity contribution >= 4 is 17.8 Å². The molecule has 1 N–H and O–H groups in total. The fraction of sp³-hybridized carbons (Fsp3) is 0.667. The second kappa shape index (κ2) is 3.40. The first kappa shape index (κ1) is 10.7. The highest BCUT2D eigenvalue weighted by molar-refractivity contribution is 6.07. The van der Waals surface area contributed by atoms with E-state index in [1.54, 1.807) is 13.8 Å². The van der Waals surface area contributed by atoms with Crippen LogP contribution in [0.1, 0.15) is 20.8 Å². The van der Waals surface area contributed by atoms with E-state index in [0.29, 0.717) is 0 Å². The van der Waals surface area contributed by atoms with Crippen LogP contribution >= 0.6 is 0 Å². The first-order valence-corrected chi connectivity index (χ1v) is 4.47. The molecule has 2 amide bonds. The Kier molecular flexibility index (Phi) is 2.59. The van der Waals surface area contributed by atoms with Gasteiger partial charge in [-0.3, -0.25) is 14.5 Å². The molecule has 3 atom stereocenters. The Bertz CT molecular complexity index is 279. The van der Waals surface area contributed by atoms with Crippen LogP contribution in [0.5, 0.6) is 0 Å². The van der Waals surface area contributed by atoms with Gasteiger partial charge in [-0.2, -0.15) is 0 Å². The molecular weight excluding hydrogens is 186 g/mol. The molecule has 5 nitrogen and oxygen atoms in total. The Labute approximate surface area is 81.7 Å². The number of carbonyl (C=O) groups excluding carboxylic acids is 2. The standard InChI is InChI=1S/C9H13NO4/c1-4-5(2)8(12)10(7(4)11)6(3)9(13)14/h4-6H,1-3H3,(H,13,14). The lowest BCUT2D eigenvalue weighted by Crippen LogP contribution is -2.43. The quantitative estimate of drug-likeness (QED) is 0.640. The number of hydrogen-bond donors (Lipinski definition) is 1. The van der Waals surface area contributed by atoms with Crippen LogP contribution in [0.15, 0.2) is 0 Å². The van der Waals surface area contributed by atoms with Crippen LogP contribution in [0.2, 0.25) is 0 Å². The topological polar surface area (TPSA) is 74.7 Å². The molecule has 0 saturated carbocycles. The van der Waals surface area contributed by atoms with E-state index >= 15 is 0 Å². The fourth-order valence-electron chi connectivity index (χ4n) is 1.47. The van der Waals surface area contributed by atoms with Crippen molar-refractivity contribution < 1.29 is 19.5 Å². The van der Waals surface area contributed by atoms with Crippen molar-refractivity contribution in [1.82, 2.24) is 4.90 Å². The van der Waals surface area contributed by atoms with E-state index in [1.807, 2.05) is 0 Å². The lowest BCUT2D eigenvalue weighted by atomic mass is 10.00. The number of carboxylic acids is 1. The number of likely N-dealkylation sites (tertiary alicyclic amines) is 1. The van der Waals surface area contributed by atoms with Gasteiger partial charge in [0.05, 0.1) is 0 Å². The molecule has 0 aromatic rings. The number of hydrogen-bond acceptors (Lipinski definition) is 3. The van der Waals surface area contributed by atoms with Crippen molar-refractivity contribution in [2.24, 2.45) is 11.8 Å². The second-order valence-electron chi connectivity index (χ2n) is 3.64.